The summed E-state index contributed by atoms with van der Waals surface area (Å²) >= 11 is 7.86. The Morgan fingerprint density at radius 1 is 1.25 bits per heavy atom. The summed E-state index contributed by atoms with van der Waals surface area (Å²) in [5.74, 6) is 0.461. The highest BCUT2D eigenvalue weighted by atomic mass is 35.5. The lowest BCUT2D eigenvalue weighted by atomic mass is 10.2. The van der Waals surface area contributed by atoms with Crippen molar-refractivity contribution in [1.29, 1.82) is 5.26 Å². The number of nitrogens with zero attached hydrogens (tertiary/aromatic N) is 1. The number of ether oxygens (including phenoxy) is 3. The van der Waals surface area contributed by atoms with Crippen molar-refractivity contribution >= 4 is 45.1 Å². The lowest BCUT2D eigenvalue weighted by molar-refractivity contribution is -0.138. The van der Waals surface area contributed by atoms with Gasteiger partial charge in [0.1, 0.15) is 12.7 Å². The Hall–Kier alpha value is -3.01. The minimum Gasteiger partial charge on any atom is -0.493 e. The molecule has 0 amide bonds. The van der Waals surface area contributed by atoms with Crippen LogP contribution in [0.4, 0.5) is 0 Å². The number of benzene rings is 2. The second-order valence-corrected chi connectivity index (χ2v) is 7.15. The van der Waals surface area contributed by atoms with Crippen molar-refractivity contribution in [3.8, 4) is 17.6 Å². The minimum absolute atomic E-state index is 0.0713. The zero-order valence-corrected chi connectivity index (χ0v) is 16.5. The number of hydrogen-bond donors (Lipinski definition) is 0. The molecule has 0 spiro atoms. The summed E-state index contributed by atoms with van der Waals surface area (Å²) in [7, 11) is 1.51. The zero-order chi connectivity index (χ0) is 19.9. The summed E-state index contributed by atoms with van der Waals surface area (Å²) in [6.45, 7) is 0.0454. The Balaban J connectivity index is 1.63. The van der Waals surface area contributed by atoms with Gasteiger partial charge in [-0.05, 0) is 29.8 Å². The van der Waals surface area contributed by atoms with Crippen molar-refractivity contribution in [2.45, 2.75) is 6.61 Å². The van der Waals surface area contributed by atoms with E-state index in [2.05, 4.69) is 0 Å². The molecule has 2 aromatic carbocycles. The van der Waals surface area contributed by atoms with E-state index in [0.29, 0.717) is 16.5 Å². The van der Waals surface area contributed by atoms with Crippen LogP contribution in [0.1, 0.15) is 10.4 Å². The molecule has 0 aliphatic heterocycles. The summed E-state index contributed by atoms with van der Waals surface area (Å²) in [6.07, 6.45) is 2.96. The van der Waals surface area contributed by atoms with Crippen molar-refractivity contribution in [1.82, 2.24) is 0 Å². The fourth-order valence-electron chi connectivity index (χ4n) is 2.52. The van der Waals surface area contributed by atoms with Crippen LogP contribution in [-0.4, -0.2) is 19.7 Å². The number of esters is 1. The third-order valence-electron chi connectivity index (χ3n) is 3.84. The molecule has 3 rings (SSSR count). The standard InChI is InChI=1S/C21H16ClNO4S/c1-25-17-12-14(6-8-16(17)26-11-10-23)7-9-20(24)27-13-19-21(22)15-4-2-3-5-18(15)28-19/h2-9,12H,11,13H2,1H3/b9-7+. The molecule has 0 saturated carbocycles. The van der Waals surface area contributed by atoms with Gasteiger partial charge in [0, 0.05) is 16.2 Å². The Bertz CT molecular complexity index is 1070. The predicted octanol–water partition coefficient (Wildman–Crippen LogP) is 5.22. The van der Waals surface area contributed by atoms with Gasteiger partial charge >= 0.3 is 5.97 Å². The van der Waals surface area contributed by atoms with Crippen LogP contribution >= 0.6 is 22.9 Å². The van der Waals surface area contributed by atoms with Crippen LogP contribution in [-0.2, 0) is 16.1 Å². The van der Waals surface area contributed by atoms with Gasteiger partial charge in [0.25, 0.3) is 0 Å². The molecule has 1 aromatic heterocycles. The van der Waals surface area contributed by atoms with Gasteiger partial charge in [-0.3, -0.25) is 0 Å². The van der Waals surface area contributed by atoms with Crippen molar-refractivity contribution in [3.63, 3.8) is 0 Å². The summed E-state index contributed by atoms with van der Waals surface area (Å²) in [4.78, 5) is 12.8. The molecule has 7 heteroatoms. The maximum Gasteiger partial charge on any atom is 0.331 e. The number of halogens is 1. The molecule has 142 valence electrons. The number of rotatable bonds is 7. The lowest BCUT2D eigenvalue weighted by Crippen LogP contribution is -2.00. The van der Waals surface area contributed by atoms with Crippen LogP contribution in [0.25, 0.3) is 16.2 Å². The van der Waals surface area contributed by atoms with E-state index < -0.39 is 5.97 Å². The minimum atomic E-state index is -0.475. The second-order valence-electron chi connectivity index (χ2n) is 5.63. The van der Waals surface area contributed by atoms with E-state index in [1.165, 1.54) is 24.5 Å². The molecule has 0 aliphatic carbocycles. The number of carbonyl (C=O) groups excluding carboxylic acids is 1. The van der Waals surface area contributed by atoms with Crippen molar-refractivity contribution in [2.24, 2.45) is 0 Å². The summed E-state index contributed by atoms with van der Waals surface area (Å²) in [5, 5.41) is 10.2. The molecular weight excluding hydrogens is 398 g/mol. The predicted molar refractivity (Wildman–Crippen MR) is 110 cm³/mol. The number of hydrogen-bond acceptors (Lipinski definition) is 6. The fraction of sp³-hybridized carbons (Fsp3) is 0.143. The molecule has 1 heterocycles. The number of fused-ring (bicyclic) bond motifs is 1. The van der Waals surface area contributed by atoms with E-state index in [4.69, 9.17) is 31.1 Å². The monoisotopic (exact) mass is 413 g/mol. The van der Waals surface area contributed by atoms with Gasteiger partial charge in [0.05, 0.1) is 17.0 Å². The van der Waals surface area contributed by atoms with Crippen LogP contribution in [0.2, 0.25) is 5.02 Å². The highest BCUT2D eigenvalue weighted by Gasteiger charge is 2.11. The molecule has 0 aliphatic rings. The highest BCUT2D eigenvalue weighted by Crippen LogP contribution is 2.35. The largest absolute Gasteiger partial charge is 0.493 e. The normalized spacial score (nSPS) is 10.8. The van der Waals surface area contributed by atoms with E-state index >= 15 is 0 Å². The quantitative estimate of drug-likeness (QED) is 0.392. The number of thiophene rings is 1. The first-order chi connectivity index (χ1) is 13.6. The summed E-state index contributed by atoms with van der Waals surface area (Å²) in [5.41, 5.74) is 0.734. The van der Waals surface area contributed by atoms with Gasteiger partial charge in [-0.1, -0.05) is 35.9 Å². The molecule has 0 unspecified atom stereocenters. The van der Waals surface area contributed by atoms with Crippen LogP contribution in [0, 0.1) is 11.3 Å². The maximum atomic E-state index is 12.0. The zero-order valence-electron chi connectivity index (χ0n) is 15.0. The first-order valence-electron chi connectivity index (χ1n) is 8.31. The molecule has 5 nitrogen and oxygen atoms in total. The van der Waals surface area contributed by atoms with Crippen LogP contribution in [0.3, 0.4) is 0 Å². The fourth-order valence-corrected chi connectivity index (χ4v) is 3.92. The summed E-state index contributed by atoms with van der Waals surface area (Å²) < 4.78 is 16.9. The van der Waals surface area contributed by atoms with Crippen LogP contribution < -0.4 is 9.47 Å². The number of nitriles is 1. The SMILES string of the molecule is COc1cc(/C=C/C(=O)OCc2sc3ccccc3c2Cl)ccc1OCC#N. The molecule has 28 heavy (non-hydrogen) atoms. The van der Waals surface area contributed by atoms with Gasteiger partial charge in [0.15, 0.2) is 18.1 Å². The van der Waals surface area contributed by atoms with Gasteiger partial charge in [0.2, 0.25) is 0 Å². The Morgan fingerprint density at radius 3 is 2.82 bits per heavy atom. The number of methoxy groups -OCH3 is 1. The maximum absolute atomic E-state index is 12.0. The Kier molecular flexibility index (Phi) is 6.53. The van der Waals surface area contributed by atoms with E-state index in [0.717, 1.165) is 20.5 Å². The third kappa shape index (κ3) is 4.63. The van der Waals surface area contributed by atoms with E-state index in [9.17, 15) is 4.79 Å². The van der Waals surface area contributed by atoms with E-state index in [-0.39, 0.29) is 13.2 Å². The van der Waals surface area contributed by atoms with Gasteiger partial charge in [-0.15, -0.1) is 11.3 Å². The molecule has 0 saturated heterocycles. The van der Waals surface area contributed by atoms with E-state index in [1.807, 2.05) is 30.3 Å². The smallest absolute Gasteiger partial charge is 0.331 e. The van der Waals surface area contributed by atoms with Crippen LogP contribution in [0.15, 0.2) is 48.5 Å². The van der Waals surface area contributed by atoms with E-state index in [1.54, 1.807) is 24.3 Å². The highest BCUT2D eigenvalue weighted by molar-refractivity contribution is 7.19. The Labute approximate surface area is 171 Å². The molecular formula is C21H16ClNO4S. The molecule has 0 radical (unpaired) electrons. The van der Waals surface area contributed by atoms with Crippen molar-refractivity contribution in [2.75, 3.05) is 13.7 Å². The average Bonchev–Trinajstić information content (AvgIpc) is 3.05. The number of carbonyl (C=O) groups is 1. The molecule has 0 bridgehead atoms. The van der Waals surface area contributed by atoms with Crippen LogP contribution in [0.5, 0.6) is 11.5 Å². The lowest BCUT2D eigenvalue weighted by Gasteiger charge is -2.08. The van der Waals surface area contributed by atoms with Gasteiger partial charge < -0.3 is 14.2 Å². The molecule has 0 atom stereocenters. The topological polar surface area (TPSA) is 68.6 Å². The first-order valence-corrected chi connectivity index (χ1v) is 9.50. The van der Waals surface area contributed by atoms with Gasteiger partial charge in [-0.25, -0.2) is 4.79 Å². The molecule has 0 N–H and O–H groups in total. The van der Waals surface area contributed by atoms with Crippen molar-refractivity contribution < 1.29 is 19.0 Å². The molecule has 3 aromatic rings. The average molecular weight is 414 g/mol. The Morgan fingerprint density at radius 2 is 2.07 bits per heavy atom. The second kappa shape index (κ2) is 9.27. The first kappa shape index (κ1) is 19.7. The van der Waals surface area contributed by atoms with Gasteiger partial charge in [-0.2, -0.15) is 5.26 Å². The molecule has 0 fully saturated rings. The summed E-state index contributed by atoms with van der Waals surface area (Å²) in [6, 6.07) is 14.8. The third-order valence-corrected chi connectivity index (χ3v) is 5.53. The van der Waals surface area contributed by atoms with Crippen molar-refractivity contribution in [3.05, 3.63) is 64.0 Å².